The number of anilines is 2. The van der Waals surface area contributed by atoms with Crippen molar-refractivity contribution in [2.45, 2.75) is 32.3 Å². The summed E-state index contributed by atoms with van der Waals surface area (Å²) in [5, 5.41) is 11.9. The van der Waals surface area contributed by atoms with Gasteiger partial charge in [-0.1, -0.05) is 60.7 Å². The summed E-state index contributed by atoms with van der Waals surface area (Å²) in [6.45, 7) is 1.25. The number of amides is 3. The Kier molecular flexibility index (Phi) is 10.0. The lowest BCUT2D eigenvalue weighted by Crippen LogP contribution is -2.39. The second-order valence-corrected chi connectivity index (χ2v) is 10.6. The highest BCUT2D eigenvalue weighted by Gasteiger charge is 2.24. The SMILES string of the molecule is N#Cc1ccc(CCC(=O)N2CCCc3cc(C(=O)NCCN(C(=O)OCc4ccccc4)c4ccccc4)ccc32)cc1. The van der Waals surface area contributed by atoms with Crippen molar-refractivity contribution in [1.82, 2.24) is 5.32 Å². The summed E-state index contributed by atoms with van der Waals surface area (Å²) in [6.07, 6.45) is 2.06. The van der Waals surface area contributed by atoms with E-state index in [1.54, 1.807) is 18.2 Å². The van der Waals surface area contributed by atoms with Gasteiger partial charge in [0.1, 0.15) is 6.61 Å². The topological polar surface area (TPSA) is 103 Å². The van der Waals surface area contributed by atoms with E-state index in [-0.39, 0.29) is 31.5 Å². The standard InChI is InChI=1S/C36H34N4O4/c37-25-28-15-13-27(14-16-28)17-20-34(41)40-22-7-10-30-24-31(18-19-33(30)40)35(42)38-21-23-39(32-11-5-2-6-12-32)36(43)44-26-29-8-3-1-4-9-29/h1-6,8-9,11-16,18-19,24H,7,10,17,20-23,26H2,(H,38,42). The number of fused-ring (bicyclic) bond motifs is 1. The second-order valence-electron chi connectivity index (χ2n) is 10.6. The fraction of sp³-hybridized carbons (Fsp3) is 0.222. The molecular formula is C36H34N4O4. The first kappa shape index (κ1) is 30.1. The molecule has 0 radical (unpaired) electrons. The van der Waals surface area contributed by atoms with E-state index < -0.39 is 6.09 Å². The molecule has 4 aromatic rings. The fourth-order valence-electron chi connectivity index (χ4n) is 5.24. The summed E-state index contributed by atoms with van der Waals surface area (Å²) in [5.41, 5.74) is 5.49. The average Bonchev–Trinajstić information content (AvgIpc) is 3.08. The van der Waals surface area contributed by atoms with Crippen LogP contribution in [-0.4, -0.2) is 37.5 Å². The Labute approximate surface area is 257 Å². The van der Waals surface area contributed by atoms with Gasteiger partial charge < -0.3 is 15.0 Å². The average molecular weight is 587 g/mol. The maximum atomic E-state index is 13.1. The van der Waals surface area contributed by atoms with E-state index in [0.29, 0.717) is 36.2 Å². The minimum absolute atomic E-state index is 0.0349. The molecular weight excluding hydrogens is 552 g/mol. The summed E-state index contributed by atoms with van der Waals surface area (Å²) < 4.78 is 5.56. The minimum atomic E-state index is -0.493. The summed E-state index contributed by atoms with van der Waals surface area (Å²) >= 11 is 0. The van der Waals surface area contributed by atoms with E-state index in [1.165, 1.54) is 4.90 Å². The van der Waals surface area contributed by atoms with Gasteiger partial charge in [-0.15, -0.1) is 0 Å². The Morgan fingerprint density at radius 2 is 1.61 bits per heavy atom. The minimum Gasteiger partial charge on any atom is -0.444 e. The van der Waals surface area contributed by atoms with Crippen molar-refractivity contribution >= 4 is 29.3 Å². The third-order valence-corrected chi connectivity index (χ3v) is 7.59. The molecule has 0 spiro atoms. The Morgan fingerprint density at radius 3 is 2.34 bits per heavy atom. The lowest BCUT2D eigenvalue weighted by atomic mass is 9.98. The van der Waals surface area contributed by atoms with Crippen molar-refractivity contribution in [3.63, 3.8) is 0 Å². The zero-order chi connectivity index (χ0) is 30.7. The van der Waals surface area contributed by atoms with Crippen molar-refractivity contribution in [3.05, 3.63) is 131 Å². The fourth-order valence-corrected chi connectivity index (χ4v) is 5.24. The molecule has 3 amide bonds. The third-order valence-electron chi connectivity index (χ3n) is 7.59. The van der Waals surface area contributed by atoms with Crippen LogP contribution >= 0.6 is 0 Å². The van der Waals surface area contributed by atoms with Crippen molar-refractivity contribution in [3.8, 4) is 6.07 Å². The van der Waals surface area contributed by atoms with Gasteiger partial charge in [-0.3, -0.25) is 14.5 Å². The summed E-state index contributed by atoms with van der Waals surface area (Å²) in [4.78, 5) is 42.6. The lowest BCUT2D eigenvalue weighted by Gasteiger charge is -2.30. The largest absolute Gasteiger partial charge is 0.444 e. The molecule has 0 saturated carbocycles. The first-order valence-corrected chi connectivity index (χ1v) is 14.8. The highest BCUT2D eigenvalue weighted by atomic mass is 16.6. The van der Waals surface area contributed by atoms with Gasteiger partial charge in [-0.2, -0.15) is 5.26 Å². The first-order valence-electron chi connectivity index (χ1n) is 14.8. The predicted octanol–water partition coefficient (Wildman–Crippen LogP) is 6.04. The molecule has 1 aliphatic heterocycles. The van der Waals surface area contributed by atoms with Crippen LogP contribution in [0.4, 0.5) is 16.2 Å². The van der Waals surface area contributed by atoms with Gasteiger partial charge in [0.2, 0.25) is 5.91 Å². The zero-order valence-electron chi connectivity index (χ0n) is 24.4. The van der Waals surface area contributed by atoms with Crippen molar-refractivity contribution in [1.29, 1.82) is 5.26 Å². The van der Waals surface area contributed by atoms with E-state index in [2.05, 4.69) is 11.4 Å². The van der Waals surface area contributed by atoms with Crippen LogP contribution in [0.25, 0.3) is 0 Å². The molecule has 0 aliphatic carbocycles. The van der Waals surface area contributed by atoms with Crippen LogP contribution in [0, 0.1) is 11.3 Å². The molecule has 0 bridgehead atoms. The van der Waals surface area contributed by atoms with Crippen LogP contribution in [0.3, 0.4) is 0 Å². The third kappa shape index (κ3) is 7.69. The number of rotatable bonds is 10. The van der Waals surface area contributed by atoms with Crippen molar-refractivity contribution < 1.29 is 19.1 Å². The van der Waals surface area contributed by atoms with Crippen LogP contribution < -0.4 is 15.1 Å². The Balaban J connectivity index is 1.18. The van der Waals surface area contributed by atoms with Gasteiger partial charge in [0.25, 0.3) is 5.91 Å². The molecule has 222 valence electrons. The number of carbonyl (C=O) groups excluding carboxylic acids is 3. The van der Waals surface area contributed by atoms with E-state index in [0.717, 1.165) is 35.2 Å². The quantitative estimate of drug-likeness (QED) is 0.244. The van der Waals surface area contributed by atoms with E-state index in [1.807, 2.05) is 89.8 Å². The normalized spacial score (nSPS) is 12.0. The van der Waals surface area contributed by atoms with Gasteiger partial charge in [-0.25, -0.2) is 4.79 Å². The van der Waals surface area contributed by atoms with Crippen molar-refractivity contribution in [2.24, 2.45) is 0 Å². The molecule has 1 aliphatic rings. The number of hydrogen-bond donors (Lipinski definition) is 1. The molecule has 0 unspecified atom stereocenters. The smallest absolute Gasteiger partial charge is 0.414 e. The second kappa shape index (κ2) is 14.7. The Hall–Kier alpha value is -5.42. The number of hydrogen-bond acceptors (Lipinski definition) is 5. The molecule has 0 saturated heterocycles. The van der Waals surface area contributed by atoms with Crippen LogP contribution in [0.1, 0.15) is 45.5 Å². The number of nitrogens with zero attached hydrogens (tertiary/aromatic N) is 3. The van der Waals surface area contributed by atoms with Crippen molar-refractivity contribution in [2.75, 3.05) is 29.4 Å². The molecule has 0 aromatic heterocycles. The number of ether oxygens (including phenoxy) is 1. The molecule has 1 N–H and O–H groups in total. The predicted molar refractivity (Wildman–Crippen MR) is 169 cm³/mol. The molecule has 8 heteroatoms. The molecule has 8 nitrogen and oxygen atoms in total. The number of para-hydroxylation sites is 1. The molecule has 0 atom stereocenters. The van der Waals surface area contributed by atoms with Gasteiger partial charge in [0.15, 0.2) is 0 Å². The zero-order valence-corrected chi connectivity index (χ0v) is 24.4. The van der Waals surface area contributed by atoms with E-state index in [9.17, 15) is 14.4 Å². The van der Waals surface area contributed by atoms with Crippen LogP contribution in [0.5, 0.6) is 0 Å². The lowest BCUT2D eigenvalue weighted by molar-refractivity contribution is -0.118. The van der Waals surface area contributed by atoms with Gasteiger partial charge in [-0.05, 0) is 78.4 Å². The summed E-state index contributed by atoms with van der Waals surface area (Å²) in [6, 6.07) is 33.5. The number of nitriles is 1. The number of benzene rings is 4. The van der Waals surface area contributed by atoms with E-state index in [4.69, 9.17) is 10.00 Å². The maximum Gasteiger partial charge on any atom is 0.414 e. The Morgan fingerprint density at radius 1 is 0.886 bits per heavy atom. The van der Waals surface area contributed by atoms with Crippen LogP contribution in [0.15, 0.2) is 103 Å². The number of nitrogens with one attached hydrogen (secondary N) is 1. The van der Waals surface area contributed by atoms with Crippen LogP contribution in [0.2, 0.25) is 0 Å². The van der Waals surface area contributed by atoms with Crippen LogP contribution in [-0.2, 0) is 29.0 Å². The summed E-state index contributed by atoms with van der Waals surface area (Å²) in [7, 11) is 0. The van der Waals surface area contributed by atoms with E-state index >= 15 is 0 Å². The maximum absolute atomic E-state index is 13.1. The Bertz CT molecular complexity index is 1630. The highest BCUT2D eigenvalue weighted by Crippen LogP contribution is 2.29. The molecule has 4 aromatic carbocycles. The molecule has 5 rings (SSSR count). The molecule has 1 heterocycles. The number of aryl methyl sites for hydroxylation is 2. The monoisotopic (exact) mass is 586 g/mol. The van der Waals surface area contributed by atoms with Gasteiger partial charge >= 0.3 is 6.09 Å². The molecule has 0 fully saturated rings. The molecule has 44 heavy (non-hydrogen) atoms. The van der Waals surface area contributed by atoms with Gasteiger partial charge in [0.05, 0.1) is 11.6 Å². The first-order chi connectivity index (χ1) is 21.5. The highest BCUT2D eigenvalue weighted by molar-refractivity contribution is 5.98. The van der Waals surface area contributed by atoms with Gasteiger partial charge in [0, 0.05) is 43.0 Å². The summed E-state index contributed by atoms with van der Waals surface area (Å²) in [5.74, 6) is -0.213. The number of carbonyl (C=O) groups is 3.